The van der Waals surface area contributed by atoms with Gasteiger partial charge in [0, 0.05) is 24.3 Å². The minimum atomic E-state index is -4.68. The van der Waals surface area contributed by atoms with Crippen LogP contribution in [0.25, 0.3) is 0 Å². The highest BCUT2D eigenvalue weighted by atomic mass is 35.5. The third kappa shape index (κ3) is 5.38. The van der Waals surface area contributed by atoms with Gasteiger partial charge < -0.3 is 10.1 Å². The molecule has 0 radical (unpaired) electrons. The molecule has 1 aliphatic rings. The van der Waals surface area contributed by atoms with E-state index in [0.717, 1.165) is 12.1 Å². The van der Waals surface area contributed by atoms with Gasteiger partial charge in [0.25, 0.3) is 5.91 Å². The normalized spacial score (nSPS) is 20.5. The van der Waals surface area contributed by atoms with Gasteiger partial charge in [-0.2, -0.15) is 17.5 Å². The van der Waals surface area contributed by atoms with Crippen molar-refractivity contribution >= 4 is 33.2 Å². The molecule has 1 heterocycles. The number of hydrogen-bond acceptors (Lipinski definition) is 4. The Hall–Kier alpha value is -2.14. The first-order valence-electron chi connectivity index (χ1n) is 9.31. The quantitative estimate of drug-likeness (QED) is 0.709. The summed E-state index contributed by atoms with van der Waals surface area (Å²) in [5.41, 5.74) is -1.22. The van der Waals surface area contributed by atoms with E-state index in [2.05, 4.69) is 5.32 Å². The molecule has 1 amide bonds. The molecule has 0 unspecified atom stereocenters. The van der Waals surface area contributed by atoms with Crippen LogP contribution in [0, 0.1) is 0 Å². The number of rotatable bonds is 4. The zero-order chi connectivity index (χ0) is 23.0. The zero-order valence-electron chi connectivity index (χ0n) is 16.6. The van der Waals surface area contributed by atoms with Crippen molar-refractivity contribution in [2.45, 2.75) is 37.1 Å². The second-order valence-corrected chi connectivity index (χ2v) is 9.60. The molecule has 0 spiro atoms. The molecule has 2 aromatic rings. The Bertz CT molecular complexity index is 1080. The summed E-state index contributed by atoms with van der Waals surface area (Å²) in [5, 5.41) is 1.85. The number of carbonyl (C=O) groups is 1. The fourth-order valence-electron chi connectivity index (χ4n) is 3.30. The molecule has 0 aliphatic carbocycles. The van der Waals surface area contributed by atoms with Crippen LogP contribution in [-0.4, -0.2) is 43.9 Å². The Balaban J connectivity index is 1.84. The van der Waals surface area contributed by atoms with Crippen LogP contribution in [0.15, 0.2) is 47.4 Å². The third-order valence-electron chi connectivity index (χ3n) is 4.65. The molecule has 11 heteroatoms. The molecule has 0 aromatic heterocycles. The zero-order valence-corrected chi connectivity index (χ0v) is 18.2. The monoisotopic (exact) mass is 476 g/mol. The summed E-state index contributed by atoms with van der Waals surface area (Å²) in [5.74, 6) is -0.754. The second-order valence-electron chi connectivity index (χ2n) is 7.25. The number of ether oxygens (including phenoxy) is 1. The summed E-state index contributed by atoms with van der Waals surface area (Å²) >= 11 is 5.59. The maximum atomic E-state index is 13.0. The molecular formula is C20H20ClF3N2O4S. The van der Waals surface area contributed by atoms with Crippen molar-refractivity contribution in [1.82, 2.24) is 4.31 Å². The Morgan fingerprint density at radius 2 is 1.77 bits per heavy atom. The first kappa shape index (κ1) is 23.5. The van der Waals surface area contributed by atoms with Gasteiger partial charge in [-0.1, -0.05) is 17.7 Å². The van der Waals surface area contributed by atoms with Crippen LogP contribution in [0.3, 0.4) is 0 Å². The average Bonchev–Trinajstić information content (AvgIpc) is 2.68. The summed E-state index contributed by atoms with van der Waals surface area (Å²) in [6, 6.07) is 8.31. The molecule has 0 saturated carbocycles. The van der Waals surface area contributed by atoms with E-state index < -0.39 is 32.7 Å². The minimum absolute atomic E-state index is 0.0149. The largest absolute Gasteiger partial charge is 0.417 e. The van der Waals surface area contributed by atoms with Crippen molar-refractivity contribution in [3.63, 3.8) is 0 Å². The summed E-state index contributed by atoms with van der Waals surface area (Å²) in [7, 11) is -3.88. The summed E-state index contributed by atoms with van der Waals surface area (Å²) in [4.78, 5) is 12.5. The Morgan fingerprint density at radius 1 is 1.13 bits per heavy atom. The lowest BCUT2D eigenvalue weighted by Gasteiger charge is -2.34. The lowest BCUT2D eigenvalue weighted by atomic mass is 10.1. The molecular weight excluding hydrogens is 457 g/mol. The van der Waals surface area contributed by atoms with Gasteiger partial charge in [-0.05, 0) is 50.2 Å². The van der Waals surface area contributed by atoms with E-state index in [1.807, 2.05) is 0 Å². The van der Waals surface area contributed by atoms with E-state index in [-0.39, 0.29) is 41.4 Å². The van der Waals surface area contributed by atoms with Crippen LogP contribution in [-0.2, 0) is 20.9 Å². The number of nitrogens with one attached hydrogen (secondary N) is 1. The number of halogens is 4. The minimum Gasteiger partial charge on any atom is -0.373 e. The fourth-order valence-corrected chi connectivity index (χ4v) is 5.16. The van der Waals surface area contributed by atoms with Gasteiger partial charge in [0.05, 0.1) is 27.7 Å². The van der Waals surface area contributed by atoms with Crippen molar-refractivity contribution in [3.05, 3.63) is 58.6 Å². The van der Waals surface area contributed by atoms with Gasteiger partial charge in [-0.3, -0.25) is 4.79 Å². The topological polar surface area (TPSA) is 75.7 Å². The first-order valence-corrected chi connectivity index (χ1v) is 11.1. The Labute approximate surface area is 183 Å². The average molecular weight is 477 g/mol. The fraction of sp³-hybridized carbons (Fsp3) is 0.350. The number of sulfonamides is 1. The SMILES string of the molecule is C[C@@H]1CN(S(=O)(=O)c2cccc(C(=O)Nc3ccc(Cl)c(C(F)(F)F)c3)c2)C[C@H](C)O1. The van der Waals surface area contributed by atoms with Gasteiger partial charge >= 0.3 is 6.18 Å². The van der Waals surface area contributed by atoms with Crippen molar-refractivity contribution < 1.29 is 31.1 Å². The molecule has 168 valence electrons. The smallest absolute Gasteiger partial charge is 0.373 e. The number of alkyl halides is 3. The van der Waals surface area contributed by atoms with E-state index in [9.17, 15) is 26.4 Å². The number of benzene rings is 2. The molecule has 1 fully saturated rings. The standard InChI is InChI=1S/C20H20ClF3N2O4S/c1-12-10-26(11-13(2)30-12)31(28,29)16-5-3-4-14(8-16)19(27)25-15-6-7-18(21)17(9-15)20(22,23)24/h3-9,12-13H,10-11H2,1-2H3,(H,25,27)/t12-,13+. The Kier molecular flexibility index (Phi) is 6.66. The molecule has 31 heavy (non-hydrogen) atoms. The molecule has 3 rings (SSSR count). The second kappa shape index (κ2) is 8.78. The van der Waals surface area contributed by atoms with Crippen LogP contribution in [0.2, 0.25) is 5.02 Å². The van der Waals surface area contributed by atoms with E-state index in [4.69, 9.17) is 16.3 Å². The number of nitrogens with zero attached hydrogens (tertiary/aromatic N) is 1. The summed E-state index contributed by atoms with van der Waals surface area (Å²) < 4.78 is 71.9. The number of hydrogen-bond donors (Lipinski definition) is 1. The lowest BCUT2D eigenvalue weighted by Crippen LogP contribution is -2.48. The number of anilines is 1. The molecule has 0 bridgehead atoms. The predicted octanol–water partition coefficient (Wildman–Crippen LogP) is 4.41. The highest BCUT2D eigenvalue weighted by Crippen LogP contribution is 2.36. The molecule has 2 aromatic carbocycles. The maximum Gasteiger partial charge on any atom is 0.417 e. The first-order chi connectivity index (χ1) is 14.4. The van der Waals surface area contributed by atoms with E-state index in [1.165, 1.54) is 34.6 Å². The van der Waals surface area contributed by atoms with Crippen LogP contribution in [0.5, 0.6) is 0 Å². The maximum absolute atomic E-state index is 13.0. The van der Waals surface area contributed by atoms with Gasteiger partial charge in [-0.15, -0.1) is 0 Å². The number of carbonyl (C=O) groups excluding carboxylic acids is 1. The number of amides is 1. The molecule has 1 N–H and O–H groups in total. The van der Waals surface area contributed by atoms with Crippen molar-refractivity contribution in [1.29, 1.82) is 0 Å². The van der Waals surface area contributed by atoms with Crippen molar-refractivity contribution in [2.24, 2.45) is 0 Å². The van der Waals surface area contributed by atoms with E-state index in [0.29, 0.717) is 0 Å². The van der Waals surface area contributed by atoms with Gasteiger partial charge in [-0.25, -0.2) is 8.42 Å². The van der Waals surface area contributed by atoms with Crippen LogP contribution in [0.1, 0.15) is 29.8 Å². The third-order valence-corrected chi connectivity index (χ3v) is 6.81. The number of morpholine rings is 1. The molecule has 1 aliphatic heterocycles. The van der Waals surface area contributed by atoms with Crippen LogP contribution < -0.4 is 5.32 Å². The van der Waals surface area contributed by atoms with Crippen molar-refractivity contribution in [2.75, 3.05) is 18.4 Å². The summed E-state index contributed by atoms with van der Waals surface area (Å²) in [6.45, 7) is 3.88. The van der Waals surface area contributed by atoms with Crippen LogP contribution in [0.4, 0.5) is 18.9 Å². The highest BCUT2D eigenvalue weighted by Gasteiger charge is 2.34. The van der Waals surface area contributed by atoms with Gasteiger partial charge in [0.1, 0.15) is 0 Å². The molecule has 1 saturated heterocycles. The van der Waals surface area contributed by atoms with Crippen molar-refractivity contribution in [3.8, 4) is 0 Å². The van der Waals surface area contributed by atoms with Gasteiger partial charge in [0.2, 0.25) is 10.0 Å². The van der Waals surface area contributed by atoms with E-state index in [1.54, 1.807) is 13.8 Å². The van der Waals surface area contributed by atoms with Gasteiger partial charge in [0.15, 0.2) is 0 Å². The highest BCUT2D eigenvalue weighted by molar-refractivity contribution is 7.89. The lowest BCUT2D eigenvalue weighted by molar-refractivity contribution is -0.137. The predicted molar refractivity (Wildman–Crippen MR) is 110 cm³/mol. The summed E-state index contributed by atoms with van der Waals surface area (Å²) in [6.07, 6.45) is -5.24. The van der Waals surface area contributed by atoms with Crippen LogP contribution >= 0.6 is 11.6 Å². The van der Waals surface area contributed by atoms with E-state index >= 15 is 0 Å². The Morgan fingerprint density at radius 3 is 2.39 bits per heavy atom. The molecule has 6 nitrogen and oxygen atoms in total. The molecule has 2 atom stereocenters.